The van der Waals surface area contributed by atoms with Crippen molar-refractivity contribution < 1.29 is 19.7 Å². The van der Waals surface area contributed by atoms with Gasteiger partial charge in [-0.25, -0.2) is 4.79 Å². The van der Waals surface area contributed by atoms with Crippen LogP contribution in [0.2, 0.25) is 0 Å². The Balaban J connectivity index is 2.27. The summed E-state index contributed by atoms with van der Waals surface area (Å²) in [6.07, 6.45) is 0. The van der Waals surface area contributed by atoms with Crippen LogP contribution in [0.25, 0.3) is 21.9 Å². The highest BCUT2D eigenvalue weighted by molar-refractivity contribution is 6.01. The van der Waals surface area contributed by atoms with E-state index >= 15 is 0 Å². The minimum absolute atomic E-state index is 0.0690. The summed E-state index contributed by atoms with van der Waals surface area (Å²) < 4.78 is 5.37. The summed E-state index contributed by atoms with van der Waals surface area (Å²) in [6, 6.07) is 17.0. The molecule has 0 atom stereocenters. The summed E-state index contributed by atoms with van der Waals surface area (Å²) in [5, 5.41) is 20.9. The average Bonchev–Trinajstić information content (AvgIpc) is 2.53. The molecule has 3 rings (SSSR count). The lowest BCUT2D eigenvalue weighted by molar-refractivity contribution is -0.139. The summed E-state index contributed by atoms with van der Waals surface area (Å²) >= 11 is 0. The standard InChI is InChI=1S/C19H16O4/c1-12-6-8-13(9-7-12)18-15-5-3-2-4-14(15)10-16(20)19(18)23-11-17(21)22/h2-10,20H,11H2,1H3,(H,21,22). The number of carboxylic acid groups (broad SMARTS) is 1. The van der Waals surface area contributed by atoms with Crippen LogP contribution < -0.4 is 4.74 Å². The number of benzene rings is 3. The zero-order valence-electron chi connectivity index (χ0n) is 12.6. The zero-order chi connectivity index (χ0) is 16.4. The minimum atomic E-state index is -1.09. The first-order chi connectivity index (χ1) is 11.1. The van der Waals surface area contributed by atoms with Gasteiger partial charge in [0.25, 0.3) is 0 Å². The van der Waals surface area contributed by atoms with Crippen molar-refractivity contribution in [1.29, 1.82) is 0 Å². The van der Waals surface area contributed by atoms with Gasteiger partial charge in [0.05, 0.1) is 0 Å². The molecule has 0 radical (unpaired) electrons. The van der Waals surface area contributed by atoms with Crippen LogP contribution in [0.3, 0.4) is 0 Å². The molecular weight excluding hydrogens is 292 g/mol. The van der Waals surface area contributed by atoms with Crippen molar-refractivity contribution in [2.24, 2.45) is 0 Å². The highest BCUT2D eigenvalue weighted by Gasteiger charge is 2.17. The molecular formula is C19H16O4. The Kier molecular flexibility index (Phi) is 3.89. The van der Waals surface area contributed by atoms with Crippen LogP contribution in [0.5, 0.6) is 11.5 Å². The topological polar surface area (TPSA) is 66.8 Å². The number of aryl methyl sites for hydroxylation is 1. The lowest BCUT2D eigenvalue weighted by atomic mass is 9.96. The van der Waals surface area contributed by atoms with Gasteiger partial charge in [0.2, 0.25) is 0 Å². The van der Waals surface area contributed by atoms with Crippen molar-refractivity contribution in [3.05, 3.63) is 60.2 Å². The predicted molar refractivity (Wildman–Crippen MR) is 88.9 cm³/mol. The quantitative estimate of drug-likeness (QED) is 0.765. The van der Waals surface area contributed by atoms with Crippen LogP contribution in [-0.4, -0.2) is 22.8 Å². The van der Waals surface area contributed by atoms with Gasteiger partial charge in [-0.05, 0) is 29.3 Å². The first-order valence-electron chi connectivity index (χ1n) is 7.22. The second-order valence-corrected chi connectivity index (χ2v) is 5.37. The van der Waals surface area contributed by atoms with E-state index in [9.17, 15) is 9.90 Å². The maximum absolute atomic E-state index is 10.8. The fraction of sp³-hybridized carbons (Fsp3) is 0.105. The number of rotatable bonds is 4. The molecule has 0 aliphatic carbocycles. The van der Waals surface area contributed by atoms with Crippen LogP contribution in [0.1, 0.15) is 5.56 Å². The Labute approximate surface area is 133 Å². The van der Waals surface area contributed by atoms with Crippen LogP contribution in [0, 0.1) is 6.92 Å². The SMILES string of the molecule is Cc1ccc(-c2c(OCC(=O)O)c(O)cc3ccccc23)cc1. The Bertz CT molecular complexity index is 866. The fourth-order valence-electron chi connectivity index (χ4n) is 2.60. The van der Waals surface area contributed by atoms with E-state index in [1.807, 2.05) is 55.5 Å². The van der Waals surface area contributed by atoms with Crippen molar-refractivity contribution in [2.75, 3.05) is 6.61 Å². The number of phenolic OH excluding ortho intramolecular Hbond substituents is 1. The third-order valence-electron chi connectivity index (χ3n) is 3.66. The van der Waals surface area contributed by atoms with Crippen LogP contribution in [-0.2, 0) is 4.79 Å². The molecule has 0 bridgehead atoms. The highest BCUT2D eigenvalue weighted by Crippen LogP contribution is 2.43. The summed E-state index contributed by atoms with van der Waals surface area (Å²) in [5.74, 6) is -0.970. The first kappa shape index (κ1) is 14.9. The van der Waals surface area contributed by atoms with Crippen LogP contribution in [0.4, 0.5) is 0 Å². The summed E-state index contributed by atoms with van der Waals surface area (Å²) in [4.78, 5) is 10.8. The third-order valence-corrected chi connectivity index (χ3v) is 3.66. The molecule has 0 unspecified atom stereocenters. The minimum Gasteiger partial charge on any atom is -0.504 e. The van der Waals surface area contributed by atoms with E-state index in [4.69, 9.17) is 9.84 Å². The summed E-state index contributed by atoms with van der Waals surface area (Å²) in [7, 11) is 0. The molecule has 0 saturated heterocycles. The van der Waals surface area contributed by atoms with Crippen molar-refractivity contribution >= 4 is 16.7 Å². The van der Waals surface area contributed by atoms with E-state index in [-0.39, 0.29) is 11.5 Å². The lowest BCUT2D eigenvalue weighted by Gasteiger charge is -2.15. The number of ether oxygens (including phenoxy) is 1. The number of carboxylic acids is 1. The molecule has 0 aliphatic rings. The van der Waals surface area contributed by atoms with Gasteiger partial charge >= 0.3 is 5.97 Å². The van der Waals surface area contributed by atoms with E-state index in [1.165, 1.54) is 0 Å². The number of aromatic hydroxyl groups is 1. The number of phenols is 1. The molecule has 0 aliphatic heterocycles. The molecule has 0 aromatic heterocycles. The Hall–Kier alpha value is -3.01. The number of hydrogen-bond donors (Lipinski definition) is 2. The van der Waals surface area contributed by atoms with E-state index in [2.05, 4.69) is 0 Å². The third kappa shape index (κ3) is 2.97. The molecule has 0 amide bonds. The van der Waals surface area contributed by atoms with Crippen molar-refractivity contribution in [1.82, 2.24) is 0 Å². The van der Waals surface area contributed by atoms with Gasteiger partial charge in [0.15, 0.2) is 18.1 Å². The van der Waals surface area contributed by atoms with E-state index < -0.39 is 12.6 Å². The molecule has 0 spiro atoms. The zero-order valence-corrected chi connectivity index (χ0v) is 12.6. The molecule has 23 heavy (non-hydrogen) atoms. The van der Waals surface area contributed by atoms with E-state index in [0.29, 0.717) is 5.56 Å². The smallest absolute Gasteiger partial charge is 0.341 e. The summed E-state index contributed by atoms with van der Waals surface area (Å²) in [6.45, 7) is 1.48. The second kappa shape index (κ2) is 6.01. The molecule has 0 fully saturated rings. The molecule has 3 aromatic carbocycles. The number of fused-ring (bicyclic) bond motifs is 1. The van der Waals surface area contributed by atoms with Gasteiger partial charge < -0.3 is 14.9 Å². The number of aliphatic carboxylic acids is 1. The highest BCUT2D eigenvalue weighted by atomic mass is 16.5. The molecule has 0 heterocycles. The van der Waals surface area contributed by atoms with E-state index in [0.717, 1.165) is 21.9 Å². The second-order valence-electron chi connectivity index (χ2n) is 5.37. The normalized spacial score (nSPS) is 10.7. The summed E-state index contributed by atoms with van der Waals surface area (Å²) in [5.41, 5.74) is 2.68. The Morgan fingerprint density at radius 2 is 1.78 bits per heavy atom. The van der Waals surface area contributed by atoms with Gasteiger partial charge in [0.1, 0.15) is 0 Å². The maximum atomic E-state index is 10.8. The fourth-order valence-corrected chi connectivity index (χ4v) is 2.60. The molecule has 3 aromatic rings. The molecule has 4 nitrogen and oxygen atoms in total. The number of hydrogen-bond acceptors (Lipinski definition) is 3. The van der Waals surface area contributed by atoms with Gasteiger partial charge in [-0.15, -0.1) is 0 Å². The monoisotopic (exact) mass is 308 g/mol. The molecule has 116 valence electrons. The van der Waals surface area contributed by atoms with E-state index in [1.54, 1.807) is 6.07 Å². The molecule has 2 N–H and O–H groups in total. The average molecular weight is 308 g/mol. The Morgan fingerprint density at radius 3 is 2.48 bits per heavy atom. The maximum Gasteiger partial charge on any atom is 0.341 e. The number of carbonyl (C=O) groups is 1. The Morgan fingerprint density at radius 1 is 1.09 bits per heavy atom. The lowest BCUT2D eigenvalue weighted by Crippen LogP contribution is -2.10. The van der Waals surface area contributed by atoms with Crippen molar-refractivity contribution in [2.45, 2.75) is 6.92 Å². The van der Waals surface area contributed by atoms with Crippen molar-refractivity contribution in [3.8, 4) is 22.6 Å². The van der Waals surface area contributed by atoms with Gasteiger partial charge in [-0.1, -0.05) is 54.1 Å². The predicted octanol–water partition coefficient (Wildman–Crippen LogP) is 3.98. The van der Waals surface area contributed by atoms with Crippen LogP contribution >= 0.6 is 0 Å². The van der Waals surface area contributed by atoms with Crippen molar-refractivity contribution in [3.63, 3.8) is 0 Å². The van der Waals surface area contributed by atoms with Gasteiger partial charge in [-0.3, -0.25) is 0 Å². The molecule has 0 saturated carbocycles. The largest absolute Gasteiger partial charge is 0.504 e. The van der Waals surface area contributed by atoms with Gasteiger partial charge in [-0.2, -0.15) is 0 Å². The first-order valence-corrected chi connectivity index (χ1v) is 7.22. The molecule has 4 heteroatoms. The van der Waals surface area contributed by atoms with Gasteiger partial charge in [0, 0.05) is 5.56 Å². The van der Waals surface area contributed by atoms with Crippen LogP contribution in [0.15, 0.2) is 54.6 Å².